The molecule has 1 aromatic heterocycles. The first-order chi connectivity index (χ1) is 14.5. The van der Waals surface area contributed by atoms with Crippen molar-refractivity contribution in [2.75, 3.05) is 18.1 Å². The Morgan fingerprint density at radius 2 is 1.80 bits per heavy atom. The number of hydrogen-bond donors (Lipinski definition) is 1. The number of benzene rings is 2. The molecule has 1 heterocycles. The first-order valence-corrected chi connectivity index (χ1v) is 9.41. The summed E-state index contributed by atoms with van der Waals surface area (Å²) in [6.07, 6.45) is 1.36. The van der Waals surface area contributed by atoms with Crippen LogP contribution in [-0.2, 0) is 20.9 Å². The number of carbonyl (C=O) groups is 3. The van der Waals surface area contributed by atoms with Crippen LogP contribution in [0.4, 0.5) is 5.69 Å². The summed E-state index contributed by atoms with van der Waals surface area (Å²) in [5.41, 5.74) is 2.67. The molecule has 0 fully saturated rings. The van der Waals surface area contributed by atoms with E-state index in [1.165, 1.54) is 12.3 Å². The number of furan rings is 1. The number of carbonyl (C=O) groups excluding carboxylic acids is 3. The molecule has 0 radical (unpaired) electrons. The van der Waals surface area contributed by atoms with Crippen molar-refractivity contribution in [2.24, 2.45) is 0 Å². The second-order valence-electron chi connectivity index (χ2n) is 6.63. The van der Waals surface area contributed by atoms with E-state index >= 15 is 0 Å². The second-order valence-corrected chi connectivity index (χ2v) is 6.63. The number of rotatable bonds is 8. The van der Waals surface area contributed by atoms with Gasteiger partial charge in [-0.3, -0.25) is 14.4 Å². The van der Waals surface area contributed by atoms with Crippen LogP contribution in [0.25, 0.3) is 0 Å². The van der Waals surface area contributed by atoms with Crippen molar-refractivity contribution in [1.82, 2.24) is 5.32 Å². The minimum Gasteiger partial charge on any atom is -0.459 e. The largest absolute Gasteiger partial charge is 0.459 e. The molecule has 3 aromatic rings. The van der Waals surface area contributed by atoms with Gasteiger partial charge >= 0.3 is 5.97 Å². The van der Waals surface area contributed by atoms with E-state index in [4.69, 9.17) is 9.15 Å². The Morgan fingerprint density at radius 1 is 1.00 bits per heavy atom. The lowest BCUT2D eigenvalue weighted by Crippen LogP contribution is -2.36. The molecule has 154 valence electrons. The van der Waals surface area contributed by atoms with Crippen molar-refractivity contribution in [3.05, 3.63) is 89.9 Å². The fraction of sp³-hybridized carbons (Fsp3) is 0.174. The van der Waals surface area contributed by atoms with Gasteiger partial charge in [0.2, 0.25) is 0 Å². The minimum absolute atomic E-state index is 0.0901. The van der Waals surface area contributed by atoms with Crippen LogP contribution in [0.2, 0.25) is 0 Å². The van der Waals surface area contributed by atoms with Crippen LogP contribution in [0.3, 0.4) is 0 Å². The lowest BCUT2D eigenvalue weighted by Gasteiger charge is -2.23. The molecule has 30 heavy (non-hydrogen) atoms. The number of nitrogens with one attached hydrogen (secondary N) is 1. The first kappa shape index (κ1) is 20.9. The maximum Gasteiger partial charge on any atom is 0.325 e. The van der Waals surface area contributed by atoms with E-state index < -0.39 is 18.5 Å². The molecular formula is C23H22N2O5. The molecular weight excluding hydrogens is 384 g/mol. The van der Waals surface area contributed by atoms with E-state index in [1.54, 1.807) is 11.0 Å². The number of esters is 1. The topological polar surface area (TPSA) is 88.9 Å². The molecule has 0 unspecified atom stereocenters. The zero-order valence-electron chi connectivity index (χ0n) is 16.5. The summed E-state index contributed by atoms with van der Waals surface area (Å²) in [5.74, 6) is -1.52. The summed E-state index contributed by atoms with van der Waals surface area (Å²) in [6, 6.07) is 20.1. The molecule has 1 N–H and O–H groups in total. The summed E-state index contributed by atoms with van der Waals surface area (Å²) >= 11 is 0. The minimum atomic E-state index is -0.716. The number of nitrogens with zero attached hydrogens (tertiary/aromatic N) is 1. The summed E-state index contributed by atoms with van der Waals surface area (Å²) in [5, 5.41) is 2.38. The molecule has 7 nitrogen and oxygen atoms in total. The number of hydrogen-bond acceptors (Lipinski definition) is 5. The normalized spacial score (nSPS) is 10.3. The SMILES string of the molecule is Cc1cccc(N(Cc2ccccc2)C(=O)COC(=O)CNC(=O)c2ccco2)c1. The van der Waals surface area contributed by atoms with Crippen LogP contribution in [0.15, 0.2) is 77.4 Å². The number of anilines is 1. The average molecular weight is 406 g/mol. The Hall–Kier alpha value is -3.87. The standard InChI is InChI=1S/C23H22N2O5/c1-17-7-5-10-19(13-17)25(15-18-8-3-2-4-9-18)21(26)16-30-22(27)14-24-23(28)20-11-6-12-29-20/h2-13H,14-16H2,1H3,(H,24,28). The van der Waals surface area contributed by atoms with Gasteiger partial charge in [-0.25, -0.2) is 0 Å². The Bertz CT molecular complexity index is 999. The summed E-state index contributed by atoms with van der Waals surface area (Å²) in [4.78, 5) is 38.1. The Morgan fingerprint density at radius 3 is 2.50 bits per heavy atom. The molecule has 2 amide bonds. The Kier molecular flexibility index (Phi) is 7.00. The third kappa shape index (κ3) is 5.81. The van der Waals surface area contributed by atoms with Gasteiger partial charge in [0.15, 0.2) is 12.4 Å². The predicted octanol–water partition coefficient (Wildman–Crippen LogP) is 3.09. The summed E-state index contributed by atoms with van der Waals surface area (Å²) in [7, 11) is 0. The molecule has 0 spiro atoms. The van der Waals surface area contributed by atoms with Crippen molar-refractivity contribution in [3.63, 3.8) is 0 Å². The van der Waals surface area contributed by atoms with Crippen LogP contribution < -0.4 is 10.2 Å². The highest BCUT2D eigenvalue weighted by Gasteiger charge is 2.19. The molecule has 0 aliphatic carbocycles. The number of ether oxygens (including phenoxy) is 1. The molecule has 0 aliphatic rings. The molecule has 3 rings (SSSR count). The molecule has 0 saturated heterocycles. The molecule has 0 atom stereocenters. The summed E-state index contributed by atoms with van der Waals surface area (Å²) < 4.78 is 10.0. The van der Waals surface area contributed by atoms with Crippen molar-refractivity contribution < 1.29 is 23.5 Å². The van der Waals surface area contributed by atoms with Gasteiger partial charge < -0.3 is 19.4 Å². The smallest absolute Gasteiger partial charge is 0.325 e. The first-order valence-electron chi connectivity index (χ1n) is 9.41. The van der Waals surface area contributed by atoms with Gasteiger partial charge in [-0.15, -0.1) is 0 Å². The van der Waals surface area contributed by atoms with Gasteiger partial charge in [-0.2, -0.15) is 0 Å². The van der Waals surface area contributed by atoms with Crippen LogP contribution in [0.1, 0.15) is 21.7 Å². The molecule has 7 heteroatoms. The number of aryl methyl sites for hydroxylation is 1. The van der Waals surface area contributed by atoms with E-state index in [-0.39, 0.29) is 18.2 Å². The predicted molar refractivity (Wildman–Crippen MR) is 111 cm³/mol. The zero-order valence-corrected chi connectivity index (χ0v) is 16.5. The fourth-order valence-corrected chi connectivity index (χ4v) is 2.80. The third-order valence-corrected chi connectivity index (χ3v) is 4.29. The highest BCUT2D eigenvalue weighted by atomic mass is 16.5. The molecule has 2 aromatic carbocycles. The van der Waals surface area contributed by atoms with Crippen molar-refractivity contribution in [1.29, 1.82) is 0 Å². The van der Waals surface area contributed by atoms with Gasteiger partial charge in [-0.1, -0.05) is 42.5 Å². The quantitative estimate of drug-likeness (QED) is 0.581. The zero-order chi connectivity index (χ0) is 21.3. The third-order valence-electron chi connectivity index (χ3n) is 4.29. The highest BCUT2D eigenvalue weighted by Crippen LogP contribution is 2.19. The molecule has 0 bridgehead atoms. The van der Waals surface area contributed by atoms with Gasteiger partial charge in [0.25, 0.3) is 11.8 Å². The van der Waals surface area contributed by atoms with E-state index in [0.717, 1.165) is 11.1 Å². The highest BCUT2D eigenvalue weighted by molar-refractivity contribution is 5.96. The van der Waals surface area contributed by atoms with Crippen molar-refractivity contribution >= 4 is 23.5 Å². The van der Waals surface area contributed by atoms with Crippen molar-refractivity contribution in [3.8, 4) is 0 Å². The van der Waals surface area contributed by atoms with Crippen LogP contribution in [-0.4, -0.2) is 30.9 Å². The van der Waals surface area contributed by atoms with E-state index in [2.05, 4.69) is 5.32 Å². The monoisotopic (exact) mass is 406 g/mol. The van der Waals surface area contributed by atoms with Crippen LogP contribution in [0.5, 0.6) is 0 Å². The Labute approximate surface area is 174 Å². The molecule has 0 aliphatic heterocycles. The maximum atomic E-state index is 12.8. The van der Waals surface area contributed by atoms with Crippen LogP contribution >= 0.6 is 0 Å². The summed E-state index contributed by atoms with van der Waals surface area (Å²) in [6.45, 7) is 1.48. The fourth-order valence-electron chi connectivity index (χ4n) is 2.80. The van der Waals surface area contributed by atoms with E-state index in [0.29, 0.717) is 12.2 Å². The van der Waals surface area contributed by atoms with E-state index in [1.807, 2.05) is 61.5 Å². The van der Waals surface area contributed by atoms with Crippen LogP contribution in [0, 0.1) is 6.92 Å². The lowest BCUT2D eigenvalue weighted by molar-refractivity contribution is -0.146. The van der Waals surface area contributed by atoms with Gasteiger partial charge in [-0.05, 0) is 42.3 Å². The molecule has 0 saturated carbocycles. The van der Waals surface area contributed by atoms with Gasteiger partial charge in [0, 0.05) is 5.69 Å². The van der Waals surface area contributed by atoms with E-state index in [9.17, 15) is 14.4 Å². The lowest BCUT2D eigenvalue weighted by atomic mass is 10.1. The van der Waals surface area contributed by atoms with Gasteiger partial charge in [0.05, 0.1) is 12.8 Å². The van der Waals surface area contributed by atoms with Crippen molar-refractivity contribution in [2.45, 2.75) is 13.5 Å². The average Bonchev–Trinajstić information content (AvgIpc) is 3.30. The Balaban J connectivity index is 1.60. The number of amides is 2. The second kappa shape index (κ2) is 10.1. The maximum absolute atomic E-state index is 12.8. The van der Waals surface area contributed by atoms with Gasteiger partial charge in [0.1, 0.15) is 6.54 Å².